The molecule has 2 aromatic carbocycles. The Morgan fingerprint density at radius 2 is 1.48 bits per heavy atom. The Morgan fingerprint density at radius 3 is 2.11 bits per heavy atom. The van der Waals surface area contributed by atoms with E-state index in [4.69, 9.17) is 4.74 Å². The van der Waals surface area contributed by atoms with Gasteiger partial charge in [-0.15, -0.1) is 0 Å². The smallest absolute Gasteiger partial charge is 0.262 e. The second-order valence-electron chi connectivity index (χ2n) is 6.33. The summed E-state index contributed by atoms with van der Waals surface area (Å²) >= 11 is 0. The number of hydrogen-bond acceptors (Lipinski definition) is 5. The Morgan fingerprint density at radius 1 is 0.889 bits per heavy atom. The molecule has 0 atom stereocenters. The number of rotatable bonds is 6. The maximum atomic E-state index is 12.0. The van der Waals surface area contributed by atoms with Crippen LogP contribution in [0.25, 0.3) is 0 Å². The number of aromatic nitrogens is 2. The molecule has 0 fully saturated rings. The summed E-state index contributed by atoms with van der Waals surface area (Å²) in [5.74, 6) is 1.01. The zero-order chi connectivity index (χ0) is 19.2. The third-order valence-corrected chi connectivity index (χ3v) is 3.80. The maximum Gasteiger partial charge on any atom is 0.262 e. The van der Waals surface area contributed by atoms with Gasteiger partial charge >= 0.3 is 0 Å². The van der Waals surface area contributed by atoms with Crippen LogP contribution in [0.15, 0.2) is 54.6 Å². The van der Waals surface area contributed by atoms with E-state index in [1.165, 1.54) is 0 Å². The monoisotopic (exact) mass is 362 g/mol. The third-order valence-electron chi connectivity index (χ3n) is 3.80. The van der Waals surface area contributed by atoms with Crippen LogP contribution in [0.1, 0.15) is 17.0 Å². The van der Waals surface area contributed by atoms with E-state index in [9.17, 15) is 4.79 Å². The van der Waals surface area contributed by atoms with Gasteiger partial charge in [0.05, 0.1) is 0 Å². The first-order chi connectivity index (χ1) is 13.0. The van der Waals surface area contributed by atoms with Gasteiger partial charge in [0.15, 0.2) is 6.61 Å². The van der Waals surface area contributed by atoms with Crippen LogP contribution in [0.2, 0.25) is 0 Å². The van der Waals surface area contributed by atoms with E-state index in [0.29, 0.717) is 17.4 Å². The van der Waals surface area contributed by atoms with Crippen LogP contribution >= 0.6 is 0 Å². The van der Waals surface area contributed by atoms with Crippen molar-refractivity contribution in [1.82, 2.24) is 9.97 Å². The number of benzene rings is 2. The fourth-order valence-electron chi connectivity index (χ4n) is 2.53. The number of carbonyl (C=O) groups excluding carboxylic acids is 1. The molecule has 0 radical (unpaired) electrons. The molecular weight excluding hydrogens is 340 g/mol. The van der Waals surface area contributed by atoms with Crippen LogP contribution in [0.3, 0.4) is 0 Å². The van der Waals surface area contributed by atoms with E-state index in [0.717, 1.165) is 22.6 Å². The Bertz CT molecular complexity index is 902. The highest BCUT2D eigenvalue weighted by molar-refractivity contribution is 5.92. The average Bonchev–Trinajstić information content (AvgIpc) is 2.62. The molecule has 0 aliphatic rings. The topological polar surface area (TPSA) is 76.1 Å². The zero-order valence-corrected chi connectivity index (χ0v) is 15.6. The minimum atomic E-state index is -0.214. The standard InChI is InChI=1S/C21H22N4O2/c1-14-4-10-19(11-5-14)27-13-20(26)24-17-6-8-18(9-7-17)25-21-22-15(2)12-16(3)23-21/h4-12H,13H2,1-3H3,(H,24,26)(H,22,23,25). The Labute approximate surface area is 158 Å². The summed E-state index contributed by atoms with van der Waals surface area (Å²) in [6.45, 7) is 5.81. The number of nitrogens with one attached hydrogen (secondary N) is 2. The number of carbonyl (C=O) groups is 1. The molecule has 0 saturated carbocycles. The molecular formula is C21H22N4O2. The van der Waals surface area contributed by atoms with Crippen LogP contribution in [-0.2, 0) is 4.79 Å². The molecule has 6 heteroatoms. The van der Waals surface area contributed by atoms with Gasteiger partial charge in [0.2, 0.25) is 5.95 Å². The van der Waals surface area contributed by atoms with Gasteiger partial charge in [-0.05, 0) is 63.2 Å². The molecule has 0 unspecified atom stereocenters. The minimum absolute atomic E-state index is 0.0422. The van der Waals surface area contributed by atoms with Crippen LogP contribution in [0, 0.1) is 20.8 Å². The largest absolute Gasteiger partial charge is 0.484 e. The third kappa shape index (κ3) is 5.54. The number of ether oxygens (including phenoxy) is 1. The maximum absolute atomic E-state index is 12.0. The predicted molar refractivity (Wildman–Crippen MR) is 107 cm³/mol. The van der Waals surface area contributed by atoms with Gasteiger partial charge in [-0.1, -0.05) is 17.7 Å². The van der Waals surface area contributed by atoms with Crippen LogP contribution in [0.5, 0.6) is 5.75 Å². The summed E-state index contributed by atoms with van der Waals surface area (Å²) in [4.78, 5) is 20.7. The molecule has 2 N–H and O–H groups in total. The van der Waals surface area contributed by atoms with Crippen LogP contribution in [-0.4, -0.2) is 22.5 Å². The summed E-state index contributed by atoms with van der Waals surface area (Å²) in [5.41, 5.74) is 4.49. The Hall–Kier alpha value is -3.41. The second-order valence-corrected chi connectivity index (χ2v) is 6.33. The summed E-state index contributed by atoms with van der Waals surface area (Å²) in [6.07, 6.45) is 0. The highest BCUT2D eigenvalue weighted by atomic mass is 16.5. The fraction of sp³-hybridized carbons (Fsp3) is 0.190. The quantitative estimate of drug-likeness (QED) is 0.688. The highest BCUT2D eigenvalue weighted by Crippen LogP contribution is 2.17. The zero-order valence-electron chi connectivity index (χ0n) is 15.6. The van der Waals surface area contributed by atoms with Crippen molar-refractivity contribution in [3.63, 3.8) is 0 Å². The molecule has 138 valence electrons. The lowest BCUT2D eigenvalue weighted by Gasteiger charge is -2.09. The number of hydrogen-bond donors (Lipinski definition) is 2. The van der Waals surface area contributed by atoms with Gasteiger partial charge in [0, 0.05) is 22.8 Å². The van der Waals surface area contributed by atoms with Gasteiger partial charge < -0.3 is 15.4 Å². The molecule has 6 nitrogen and oxygen atoms in total. The van der Waals surface area contributed by atoms with Gasteiger partial charge in [-0.25, -0.2) is 9.97 Å². The molecule has 3 aromatic rings. The molecule has 0 aliphatic heterocycles. The summed E-state index contributed by atoms with van der Waals surface area (Å²) in [6, 6.07) is 16.8. The number of anilines is 3. The van der Waals surface area contributed by atoms with Crippen molar-refractivity contribution in [1.29, 1.82) is 0 Å². The molecule has 27 heavy (non-hydrogen) atoms. The van der Waals surface area contributed by atoms with Gasteiger partial charge in [0.1, 0.15) is 5.75 Å². The van der Waals surface area contributed by atoms with E-state index in [-0.39, 0.29) is 12.5 Å². The molecule has 1 aromatic heterocycles. The van der Waals surface area contributed by atoms with Crippen molar-refractivity contribution >= 4 is 23.2 Å². The first kappa shape index (κ1) is 18.4. The lowest BCUT2D eigenvalue weighted by atomic mass is 10.2. The molecule has 1 heterocycles. The molecule has 0 bridgehead atoms. The highest BCUT2D eigenvalue weighted by Gasteiger charge is 2.05. The van der Waals surface area contributed by atoms with Crippen molar-refractivity contribution in [3.8, 4) is 5.75 Å². The van der Waals surface area contributed by atoms with Gasteiger partial charge in [-0.3, -0.25) is 4.79 Å². The number of amides is 1. The summed E-state index contributed by atoms with van der Waals surface area (Å²) in [7, 11) is 0. The van der Waals surface area contributed by atoms with Crippen molar-refractivity contribution < 1.29 is 9.53 Å². The van der Waals surface area contributed by atoms with Gasteiger partial charge in [-0.2, -0.15) is 0 Å². The van der Waals surface area contributed by atoms with Crippen LogP contribution < -0.4 is 15.4 Å². The summed E-state index contributed by atoms with van der Waals surface area (Å²) < 4.78 is 5.48. The van der Waals surface area contributed by atoms with Gasteiger partial charge in [0.25, 0.3) is 5.91 Å². The molecule has 3 rings (SSSR count). The summed E-state index contributed by atoms with van der Waals surface area (Å²) in [5, 5.41) is 5.97. The van der Waals surface area contributed by atoms with Crippen LogP contribution in [0.4, 0.5) is 17.3 Å². The normalized spacial score (nSPS) is 10.3. The first-order valence-corrected chi connectivity index (χ1v) is 8.66. The van der Waals surface area contributed by atoms with Crippen molar-refractivity contribution in [2.45, 2.75) is 20.8 Å². The number of nitrogens with zero attached hydrogens (tertiary/aromatic N) is 2. The van der Waals surface area contributed by atoms with E-state index in [1.807, 2.05) is 75.4 Å². The van der Waals surface area contributed by atoms with Crippen molar-refractivity contribution in [2.75, 3.05) is 17.2 Å². The Balaban J connectivity index is 1.53. The minimum Gasteiger partial charge on any atom is -0.484 e. The average molecular weight is 362 g/mol. The van der Waals surface area contributed by atoms with E-state index < -0.39 is 0 Å². The van der Waals surface area contributed by atoms with E-state index in [1.54, 1.807) is 0 Å². The molecule has 0 spiro atoms. The lowest BCUT2D eigenvalue weighted by Crippen LogP contribution is -2.20. The molecule has 1 amide bonds. The fourth-order valence-corrected chi connectivity index (χ4v) is 2.53. The SMILES string of the molecule is Cc1ccc(OCC(=O)Nc2ccc(Nc3nc(C)cc(C)n3)cc2)cc1. The number of aryl methyl sites for hydroxylation is 3. The second kappa shape index (κ2) is 8.31. The van der Waals surface area contributed by atoms with E-state index >= 15 is 0 Å². The van der Waals surface area contributed by atoms with Crippen molar-refractivity contribution in [3.05, 3.63) is 71.5 Å². The van der Waals surface area contributed by atoms with E-state index in [2.05, 4.69) is 20.6 Å². The molecule has 0 saturated heterocycles. The first-order valence-electron chi connectivity index (χ1n) is 8.66. The predicted octanol–water partition coefficient (Wildman–Crippen LogP) is 4.16. The Kier molecular flexibility index (Phi) is 5.66. The van der Waals surface area contributed by atoms with Crippen molar-refractivity contribution in [2.24, 2.45) is 0 Å². The molecule has 0 aliphatic carbocycles. The lowest BCUT2D eigenvalue weighted by molar-refractivity contribution is -0.118.